The minimum atomic E-state index is -3.77. The topological polar surface area (TPSA) is 124 Å². The zero-order valence-corrected chi connectivity index (χ0v) is 17.4. The molecule has 152 valence electrons. The number of nitrogens with two attached hydrogens (primary N) is 1. The van der Waals surface area contributed by atoms with Gasteiger partial charge in [0.15, 0.2) is 0 Å². The van der Waals surface area contributed by atoms with Crippen LogP contribution in [0.25, 0.3) is 22.8 Å². The molecule has 0 bridgehead atoms. The van der Waals surface area contributed by atoms with Gasteiger partial charge in [0.1, 0.15) is 5.82 Å². The van der Waals surface area contributed by atoms with Crippen LogP contribution in [0.5, 0.6) is 0 Å². The van der Waals surface area contributed by atoms with E-state index in [-0.39, 0.29) is 16.6 Å². The number of nitrogens with zero attached hydrogens (tertiary/aromatic N) is 3. The molecule has 0 aliphatic rings. The third kappa shape index (κ3) is 4.44. The largest absolute Gasteiger partial charge is 0.339 e. The van der Waals surface area contributed by atoms with E-state index < -0.39 is 10.0 Å². The molecule has 0 atom stereocenters. The standard InChI is InChI=1S/C19H13Cl2N5O3S/c20-13-3-5-14(6-4-13)24-18-16(21)9-12(10-23-18)19-25-17(26-29-19)11-1-7-15(8-2-11)30(22,27)28/h1-10H,(H,23,24)(H2,22,27,28). The van der Waals surface area contributed by atoms with Gasteiger partial charge >= 0.3 is 0 Å². The summed E-state index contributed by atoms with van der Waals surface area (Å²) in [4.78, 5) is 8.62. The van der Waals surface area contributed by atoms with Gasteiger partial charge in [-0.2, -0.15) is 4.98 Å². The number of benzene rings is 2. The molecule has 0 spiro atoms. The Hall–Kier alpha value is -2.98. The lowest BCUT2D eigenvalue weighted by atomic mass is 10.2. The van der Waals surface area contributed by atoms with Crippen molar-refractivity contribution in [1.82, 2.24) is 15.1 Å². The number of nitrogens with one attached hydrogen (secondary N) is 1. The van der Waals surface area contributed by atoms with Gasteiger partial charge < -0.3 is 9.84 Å². The zero-order valence-electron chi connectivity index (χ0n) is 15.1. The first-order chi connectivity index (χ1) is 14.3. The Morgan fingerprint density at radius 2 is 1.67 bits per heavy atom. The van der Waals surface area contributed by atoms with Gasteiger partial charge in [0.25, 0.3) is 5.89 Å². The first-order valence-electron chi connectivity index (χ1n) is 8.45. The van der Waals surface area contributed by atoms with Gasteiger partial charge in [-0.25, -0.2) is 18.5 Å². The van der Waals surface area contributed by atoms with E-state index in [2.05, 4.69) is 20.4 Å². The molecule has 2 heterocycles. The van der Waals surface area contributed by atoms with Crippen molar-refractivity contribution in [3.63, 3.8) is 0 Å². The fourth-order valence-corrected chi connectivity index (χ4v) is 3.42. The second-order valence-electron chi connectivity index (χ2n) is 6.18. The smallest absolute Gasteiger partial charge is 0.259 e. The number of pyridine rings is 1. The molecule has 0 unspecified atom stereocenters. The van der Waals surface area contributed by atoms with Gasteiger partial charge in [-0.05, 0) is 54.6 Å². The molecule has 0 amide bonds. The third-order valence-electron chi connectivity index (χ3n) is 4.06. The third-order valence-corrected chi connectivity index (χ3v) is 5.53. The fourth-order valence-electron chi connectivity index (χ4n) is 2.57. The predicted molar refractivity (Wildman–Crippen MR) is 114 cm³/mol. The Morgan fingerprint density at radius 1 is 0.967 bits per heavy atom. The molecule has 8 nitrogen and oxygen atoms in total. The predicted octanol–water partition coefficient (Wildman–Crippen LogP) is 4.50. The highest BCUT2D eigenvalue weighted by molar-refractivity contribution is 7.89. The van der Waals surface area contributed by atoms with Gasteiger partial charge in [-0.15, -0.1) is 0 Å². The molecule has 0 saturated carbocycles. The number of hydrogen-bond donors (Lipinski definition) is 2. The molecule has 2 aromatic carbocycles. The van der Waals surface area contributed by atoms with E-state index in [1.54, 1.807) is 48.7 Å². The molecule has 0 saturated heterocycles. The van der Waals surface area contributed by atoms with Crippen LogP contribution in [0.15, 0.2) is 70.2 Å². The lowest BCUT2D eigenvalue weighted by Crippen LogP contribution is -2.11. The van der Waals surface area contributed by atoms with E-state index in [9.17, 15) is 8.42 Å². The molecule has 4 aromatic rings. The van der Waals surface area contributed by atoms with Crippen LogP contribution in [0.1, 0.15) is 0 Å². The van der Waals surface area contributed by atoms with Crippen molar-refractivity contribution in [2.45, 2.75) is 4.90 Å². The summed E-state index contributed by atoms with van der Waals surface area (Å²) >= 11 is 12.2. The van der Waals surface area contributed by atoms with Gasteiger partial charge in [-0.1, -0.05) is 28.4 Å². The molecule has 0 aliphatic heterocycles. The lowest BCUT2D eigenvalue weighted by Gasteiger charge is -2.08. The summed E-state index contributed by atoms with van der Waals surface area (Å²) in [7, 11) is -3.77. The highest BCUT2D eigenvalue weighted by Gasteiger charge is 2.14. The first-order valence-corrected chi connectivity index (χ1v) is 10.8. The number of halogens is 2. The minimum absolute atomic E-state index is 0.00488. The summed E-state index contributed by atoms with van der Waals surface area (Å²) in [6.07, 6.45) is 1.55. The second-order valence-corrected chi connectivity index (χ2v) is 8.58. The van der Waals surface area contributed by atoms with Gasteiger partial charge in [0.05, 0.1) is 15.5 Å². The van der Waals surface area contributed by atoms with Crippen molar-refractivity contribution in [2.75, 3.05) is 5.32 Å². The van der Waals surface area contributed by atoms with Crippen molar-refractivity contribution >= 4 is 44.7 Å². The Labute approximate surface area is 181 Å². The molecule has 3 N–H and O–H groups in total. The molecular formula is C19H13Cl2N5O3S. The van der Waals surface area contributed by atoms with Crippen LogP contribution in [0, 0.1) is 0 Å². The molecule has 4 rings (SSSR count). The Kier molecular flexibility index (Phi) is 5.44. The molecule has 11 heteroatoms. The number of rotatable bonds is 5. The molecule has 2 aromatic heterocycles. The van der Waals surface area contributed by atoms with Crippen LogP contribution in [-0.2, 0) is 10.0 Å². The van der Waals surface area contributed by atoms with E-state index in [0.717, 1.165) is 5.69 Å². The van der Waals surface area contributed by atoms with Gasteiger partial charge in [0, 0.05) is 22.5 Å². The van der Waals surface area contributed by atoms with Crippen molar-refractivity contribution in [1.29, 1.82) is 0 Å². The summed E-state index contributed by atoms with van der Waals surface area (Å²) in [6, 6.07) is 14.6. The maximum Gasteiger partial charge on any atom is 0.259 e. The quantitative estimate of drug-likeness (QED) is 0.448. The average Bonchev–Trinajstić information content (AvgIpc) is 3.21. The highest BCUT2D eigenvalue weighted by Crippen LogP contribution is 2.29. The van der Waals surface area contributed by atoms with Crippen LogP contribution in [0.3, 0.4) is 0 Å². The van der Waals surface area contributed by atoms with E-state index >= 15 is 0 Å². The van der Waals surface area contributed by atoms with E-state index in [1.165, 1.54) is 12.1 Å². The summed E-state index contributed by atoms with van der Waals surface area (Å²) in [5.74, 6) is 0.958. The van der Waals surface area contributed by atoms with E-state index in [4.69, 9.17) is 32.9 Å². The zero-order chi connectivity index (χ0) is 21.3. The second kappa shape index (κ2) is 8.04. The van der Waals surface area contributed by atoms with Crippen LogP contribution >= 0.6 is 23.2 Å². The monoisotopic (exact) mass is 461 g/mol. The molecule has 0 radical (unpaired) electrons. The molecule has 30 heavy (non-hydrogen) atoms. The van der Waals surface area contributed by atoms with Crippen molar-refractivity contribution in [3.05, 3.63) is 70.8 Å². The highest BCUT2D eigenvalue weighted by atomic mass is 35.5. The van der Waals surface area contributed by atoms with Crippen LogP contribution in [-0.4, -0.2) is 23.5 Å². The van der Waals surface area contributed by atoms with Gasteiger partial charge in [0.2, 0.25) is 15.8 Å². The Morgan fingerprint density at radius 3 is 2.30 bits per heavy atom. The number of sulfonamides is 1. The number of hydrogen-bond acceptors (Lipinski definition) is 7. The van der Waals surface area contributed by atoms with Crippen LogP contribution in [0.4, 0.5) is 11.5 Å². The lowest BCUT2D eigenvalue weighted by molar-refractivity contribution is 0.432. The van der Waals surface area contributed by atoms with Crippen molar-refractivity contribution in [3.8, 4) is 22.8 Å². The van der Waals surface area contributed by atoms with Crippen LogP contribution in [0.2, 0.25) is 10.0 Å². The maximum absolute atomic E-state index is 11.4. The molecule has 0 fully saturated rings. The SMILES string of the molecule is NS(=O)(=O)c1ccc(-c2noc(-c3cnc(Nc4ccc(Cl)cc4)c(Cl)c3)n2)cc1. The average molecular weight is 462 g/mol. The number of aromatic nitrogens is 3. The van der Waals surface area contributed by atoms with Crippen LogP contribution < -0.4 is 10.5 Å². The Balaban J connectivity index is 1.56. The first kappa shape index (κ1) is 20.3. The Bertz CT molecular complexity index is 1310. The minimum Gasteiger partial charge on any atom is -0.339 e. The maximum atomic E-state index is 11.4. The molecular weight excluding hydrogens is 449 g/mol. The van der Waals surface area contributed by atoms with Crippen molar-refractivity contribution < 1.29 is 12.9 Å². The van der Waals surface area contributed by atoms with Gasteiger partial charge in [-0.3, -0.25) is 0 Å². The summed E-state index contributed by atoms with van der Waals surface area (Å²) in [5.41, 5.74) is 1.88. The molecule has 0 aliphatic carbocycles. The summed E-state index contributed by atoms with van der Waals surface area (Å²) < 4.78 is 28.0. The fraction of sp³-hybridized carbons (Fsp3) is 0. The van der Waals surface area contributed by atoms with E-state index in [1.807, 2.05) is 0 Å². The van der Waals surface area contributed by atoms with Crippen molar-refractivity contribution in [2.24, 2.45) is 5.14 Å². The number of primary sulfonamides is 1. The summed E-state index contributed by atoms with van der Waals surface area (Å²) in [6.45, 7) is 0. The number of anilines is 2. The summed E-state index contributed by atoms with van der Waals surface area (Å²) in [5, 5.41) is 13.1. The van der Waals surface area contributed by atoms with E-state index in [0.29, 0.717) is 27.0 Å². The normalized spacial score (nSPS) is 11.4.